The van der Waals surface area contributed by atoms with E-state index in [0.29, 0.717) is 42.3 Å². The number of phosphoric ester groups is 1. The van der Waals surface area contributed by atoms with Crippen molar-refractivity contribution >= 4 is 25.5 Å². The zero-order valence-corrected chi connectivity index (χ0v) is 37.1. The third-order valence-corrected chi connectivity index (χ3v) is 11.6. The average molecular weight is 829 g/mol. The molecular formula is C44H79NO11P+. The number of likely N-dealkylation sites (N-methyl/N-ethyl adjacent to an activating group) is 1. The third kappa shape index (κ3) is 25.3. The molecule has 13 heteroatoms. The molecule has 0 spiro atoms. The molecule has 1 saturated carbocycles. The number of epoxide rings is 1. The smallest absolute Gasteiger partial charge is 0.462 e. The highest BCUT2D eigenvalue weighted by Gasteiger charge is 2.42. The van der Waals surface area contributed by atoms with E-state index in [1.165, 1.54) is 64.2 Å². The number of nitrogens with zero attached hydrogens (tertiary/aromatic N) is 1. The normalized spacial score (nSPS) is 21.9. The van der Waals surface area contributed by atoms with Crippen LogP contribution in [0.2, 0.25) is 0 Å². The van der Waals surface area contributed by atoms with Crippen molar-refractivity contribution in [3.8, 4) is 0 Å². The Kier molecular flexibility index (Phi) is 26.4. The lowest BCUT2D eigenvalue weighted by Crippen LogP contribution is -2.37. The largest absolute Gasteiger partial charge is 0.472 e. The van der Waals surface area contributed by atoms with Gasteiger partial charge in [-0.05, 0) is 50.2 Å². The van der Waals surface area contributed by atoms with Crippen LogP contribution < -0.4 is 0 Å². The van der Waals surface area contributed by atoms with Gasteiger partial charge < -0.3 is 28.7 Å². The molecule has 1 aliphatic carbocycles. The van der Waals surface area contributed by atoms with Gasteiger partial charge >= 0.3 is 19.8 Å². The van der Waals surface area contributed by atoms with Crippen molar-refractivity contribution in [3.05, 3.63) is 23.8 Å². The Hall–Kier alpha value is -1.92. The van der Waals surface area contributed by atoms with Crippen LogP contribution in [0.25, 0.3) is 0 Å². The fraction of sp³-hybridized carbons (Fsp3) is 0.841. The van der Waals surface area contributed by atoms with Crippen LogP contribution in [0.4, 0.5) is 0 Å². The Labute approximate surface area is 344 Å². The molecule has 0 amide bonds. The summed E-state index contributed by atoms with van der Waals surface area (Å²) in [5, 5.41) is 10.5. The predicted octanol–water partition coefficient (Wildman–Crippen LogP) is 9.10. The maximum atomic E-state index is 12.9. The number of esters is 2. The highest BCUT2D eigenvalue weighted by atomic mass is 31.2. The van der Waals surface area contributed by atoms with Crippen molar-refractivity contribution in [1.82, 2.24) is 0 Å². The van der Waals surface area contributed by atoms with Crippen LogP contribution >= 0.6 is 7.82 Å². The van der Waals surface area contributed by atoms with Gasteiger partial charge in [0, 0.05) is 25.2 Å². The highest BCUT2D eigenvalue weighted by molar-refractivity contribution is 7.47. The fourth-order valence-corrected chi connectivity index (χ4v) is 7.69. The average Bonchev–Trinajstić information content (AvgIpc) is 3.83. The number of unbranched alkanes of at least 4 members (excludes halogenated alkanes) is 15. The number of carbonyl (C=O) groups excluding carboxylic acids is 3. The molecule has 1 heterocycles. The van der Waals surface area contributed by atoms with Crippen molar-refractivity contribution in [2.24, 2.45) is 5.92 Å². The van der Waals surface area contributed by atoms with Gasteiger partial charge in [0.1, 0.15) is 25.9 Å². The summed E-state index contributed by atoms with van der Waals surface area (Å²) >= 11 is 0. The molecule has 0 radical (unpaired) electrons. The summed E-state index contributed by atoms with van der Waals surface area (Å²) in [4.78, 5) is 48.3. The van der Waals surface area contributed by atoms with Crippen LogP contribution in [0.5, 0.6) is 0 Å². The number of ketones is 1. The van der Waals surface area contributed by atoms with E-state index in [9.17, 15) is 28.9 Å². The van der Waals surface area contributed by atoms with E-state index in [1.807, 2.05) is 27.2 Å². The zero-order chi connectivity index (χ0) is 41.9. The summed E-state index contributed by atoms with van der Waals surface area (Å²) in [6, 6.07) is 0. The molecule has 2 N–H and O–H groups in total. The van der Waals surface area contributed by atoms with E-state index in [0.717, 1.165) is 38.5 Å². The van der Waals surface area contributed by atoms with Gasteiger partial charge in [0.25, 0.3) is 0 Å². The van der Waals surface area contributed by atoms with E-state index >= 15 is 0 Å². The van der Waals surface area contributed by atoms with E-state index in [2.05, 4.69) is 26.0 Å². The van der Waals surface area contributed by atoms with E-state index < -0.39 is 38.6 Å². The Balaban J connectivity index is 1.76. The maximum absolute atomic E-state index is 12.9. The predicted molar refractivity (Wildman–Crippen MR) is 223 cm³/mol. The van der Waals surface area contributed by atoms with Crippen LogP contribution in [0.15, 0.2) is 23.8 Å². The molecule has 330 valence electrons. The monoisotopic (exact) mass is 829 g/mol. The molecular weight excluding hydrogens is 749 g/mol. The second-order valence-electron chi connectivity index (χ2n) is 17.1. The molecule has 57 heavy (non-hydrogen) atoms. The summed E-state index contributed by atoms with van der Waals surface area (Å²) in [6.07, 6.45) is 26.0. The molecule has 0 aromatic heterocycles. The first-order chi connectivity index (χ1) is 27.2. The minimum atomic E-state index is -4.45. The summed E-state index contributed by atoms with van der Waals surface area (Å²) in [7, 11) is 1.33. The van der Waals surface area contributed by atoms with Gasteiger partial charge in [-0.3, -0.25) is 23.4 Å². The van der Waals surface area contributed by atoms with E-state index in [-0.39, 0.29) is 56.4 Å². The van der Waals surface area contributed by atoms with Gasteiger partial charge in [-0.1, -0.05) is 116 Å². The maximum Gasteiger partial charge on any atom is 0.472 e. The summed E-state index contributed by atoms with van der Waals surface area (Å²) < 4.78 is 40.1. The molecule has 1 aliphatic heterocycles. The van der Waals surface area contributed by atoms with Crippen LogP contribution in [0, 0.1) is 5.92 Å². The topological polar surface area (TPSA) is 158 Å². The number of Topliss-reactive ketones (excluding diaryl/α,β-unsaturated/α-hetero) is 1. The van der Waals surface area contributed by atoms with Crippen LogP contribution in [0.1, 0.15) is 162 Å². The molecule has 6 atom stereocenters. The lowest BCUT2D eigenvalue weighted by molar-refractivity contribution is -0.870. The Morgan fingerprint density at radius 2 is 1.42 bits per heavy atom. The van der Waals surface area contributed by atoms with Crippen molar-refractivity contribution in [1.29, 1.82) is 0 Å². The molecule has 0 aromatic rings. The van der Waals surface area contributed by atoms with E-state index in [1.54, 1.807) is 0 Å². The minimum absolute atomic E-state index is 0.0116. The first kappa shape index (κ1) is 51.2. The molecule has 2 aliphatic rings. The van der Waals surface area contributed by atoms with Crippen molar-refractivity contribution in [2.75, 3.05) is 47.5 Å². The molecule has 0 bridgehead atoms. The molecule has 2 fully saturated rings. The molecule has 12 nitrogen and oxygen atoms in total. The number of hydrogen-bond acceptors (Lipinski definition) is 10. The number of aliphatic hydroxyl groups is 1. The lowest BCUT2D eigenvalue weighted by Gasteiger charge is -2.24. The molecule has 1 saturated heterocycles. The van der Waals surface area contributed by atoms with Crippen molar-refractivity contribution < 1.29 is 56.7 Å². The van der Waals surface area contributed by atoms with E-state index in [4.69, 9.17) is 23.3 Å². The van der Waals surface area contributed by atoms with Crippen LogP contribution in [0.3, 0.4) is 0 Å². The molecule has 0 aromatic carbocycles. The number of phosphoric acid groups is 1. The number of rotatable bonds is 35. The van der Waals surface area contributed by atoms with Gasteiger partial charge in [-0.2, -0.15) is 0 Å². The van der Waals surface area contributed by atoms with Crippen LogP contribution in [-0.4, -0.2) is 104 Å². The standard InChI is InChI=1S/C44H78NO11P/c1-6-8-10-12-14-15-16-17-18-19-20-22-24-28-43(48)52-34-36(35-54-57(50,51)53-31-30-45(3,4)5)55-44(49)29-25-27-41-42(56-41)32-38-37(39(46)33-40(38)47)26-23-21-13-11-9-7-2/h21,23,32,36-37,39,41-42,46H,6-20,22,24-31,33-35H2,1-5H3/p+1/b23-21-,38-32+/t36-,37-,39-,41-,42-/m1/s1. The number of hydrogen-bond donors (Lipinski definition) is 2. The fourth-order valence-electron chi connectivity index (χ4n) is 6.95. The first-order valence-corrected chi connectivity index (χ1v) is 23.7. The third-order valence-electron chi connectivity index (χ3n) is 10.6. The summed E-state index contributed by atoms with van der Waals surface area (Å²) in [6.45, 7) is 4.08. The summed E-state index contributed by atoms with van der Waals surface area (Å²) in [5.74, 6) is -1.27. The number of ether oxygens (including phenoxy) is 3. The number of aliphatic hydroxyl groups excluding tert-OH is 1. The lowest BCUT2D eigenvalue weighted by atomic mass is 9.95. The Bertz CT molecular complexity index is 1250. The van der Waals surface area contributed by atoms with Crippen LogP contribution in [-0.2, 0) is 42.2 Å². The second kappa shape index (κ2) is 29.3. The van der Waals surface area contributed by atoms with Gasteiger partial charge in [0.2, 0.25) is 0 Å². The highest BCUT2D eigenvalue weighted by Crippen LogP contribution is 2.43. The van der Waals surface area contributed by atoms with Crippen molar-refractivity contribution in [3.63, 3.8) is 0 Å². The number of allylic oxidation sites excluding steroid dienone is 2. The molecule has 2 rings (SSSR count). The first-order valence-electron chi connectivity index (χ1n) is 22.3. The Morgan fingerprint density at radius 3 is 2.05 bits per heavy atom. The van der Waals surface area contributed by atoms with Crippen molar-refractivity contribution in [2.45, 2.75) is 186 Å². The van der Waals surface area contributed by atoms with Gasteiger partial charge in [-0.15, -0.1) is 0 Å². The van der Waals surface area contributed by atoms with Gasteiger partial charge in [0.15, 0.2) is 11.9 Å². The van der Waals surface area contributed by atoms with Gasteiger partial charge in [-0.25, -0.2) is 4.57 Å². The second-order valence-corrected chi connectivity index (χ2v) is 18.5. The minimum Gasteiger partial charge on any atom is -0.462 e. The molecule has 1 unspecified atom stereocenters. The number of quaternary nitrogens is 1. The number of carbonyl (C=O) groups is 3. The quantitative estimate of drug-likeness (QED) is 0.0119. The Morgan fingerprint density at radius 1 is 0.825 bits per heavy atom. The van der Waals surface area contributed by atoms with Gasteiger partial charge in [0.05, 0.1) is 40.0 Å². The summed E-state index contributed by atoms with van der Waals surface area (Å²) in [5.41, 5.74) is 0.627. The zero-order valence-electron chi connectivity index (χ0n) is 36.2. The SMILES string of the molecule is CCCCC/C=C\C[C@@H]1/C(=C\[C@H]2O[C@@H]2CCCC(=O)O[C@H](COC(=O)CCCCCCCCCCCCCCC)COP(=O)(O)OCC[N+](C)(C)C)C(=O)C[C@H]1O.